The predicted molar refractivity (Wildman–Crippen MR) is 147 cm³/mol. The summed E-state index contributed by atoms with van der Waals surface area (Å²) in [4.78, 5) is 32.4. The molecule has 0 aromatic heterocycles. The van der Waals surface area contributed by atoms with E-state index in [9.17, 15) is 9.59 Å². The third-order valence-electron chi connectivity index (χ3n) is 7.19. The molecule has 2 aromatic rings. The molecule has 0 bridgehead atoms. The third kappa shape index (κ3) is 6.16. The van der Waals surface area contributed by atoms with Gasteiger partial charge in [0.25, 0.3) is 0 Å². The van der Waals surface area contributed by atoms with Crippen LogP contribution in [0.2, 0.25) is 10.0 Å². The van der Waals surface area contributed by atoms with Crippen LogP contribution in [-0.4, -0.2) is 60.4 Å². The minimum Gasteiger partial charge on any atom is -0.368 e. The number of para-hydroxylation sites is 1. The molecule has 8 heteroatoms. The summed E-state index contributed by atoms with van der Waals surface area (Å²) in [6.45, 7) is 7.61. The van der Waals surface area contributed by atoms with Crippen molar-refractivity contribution in [3.05, 3.63) is 63.6 Å². The molecule has 194 valence electrons. The lowest BCUT2D eigenvalue weighted by molar-refractivity contribution is -0.143. The highest BCUT2D eigenvalue weighted by Gasteiger charge is 2.37. The van der Waals surface area contributed by atoms with E-state index in [2.05, 4.69) is 30.9 Å². The highest BCUT2D eigenvalue weighted by atomic mass is 35.5. The number of amides is 2. The number of nitrogens with two attached hydrogens (primary N) is 1. The summed E-state index contributed by atoms with van der Waals surface area (Å²) < 4.78 is 0. The number of hydrogen-bond acceptors (Lipinski definition) is 4. The number of likely N-dealkylation sites (tertiary alicyclic amines) is 1. The smallest absolute Gasteiger partial charge is 0.245 e. The van der Waals surface area contributed by atoms with Gasteiger partial charge in [0.2, 0.25) is 11.8 Å². The molecule has 1 unspecified atom stereocenters. The highest BCUT2D eigenvalue weighted by Crippen LogP contribution is 2.30. The van der Waals surface area contributed by atoms with Crippen molar-refractivity contribution >= 4 is 40.7 Å². The molecule has 0 saturated carbocycles. The first-order valence-corrected chi connectivity index (χ1v) is 13.6. The SMILES string of the molecule is CC(C)C[C@H](N)c1ccccc1N1CCN(C(=O)C(Cc2ccc(Cl)cc2Cl)N2CCCC2=O)CC1. The Morgan fingerprint density at radius 3 is 2.39 bits per heavy atom. The predicted octanol–water partition coefficient (Wildman–Crippen LogP) is 4.92. The maximum atomic E-state index is 13.8. The van der Waals surface area contributed by atoms with Gasteiger partial charge in [-0.15, -0.1) is 0 Å². The first-order valence-electron chi connectivity index (χ1n) is 12.9. The number of halogens is 2. The molecule has 0 aliphatic carbocycles. The van der Waals surface area contributed by atoms with Gasteiger partial charge in [0.1, 0.15) is 6.04 Å². The topological polar surface area (TPSA) is 69.9 Å². The Bertz CT molecular complexity index is 1080. The maximum absolute atomic E-state index is 13.8. The van der Waals surface area contributed by atoms with Crippen LogP contribution in [0.3, 0.4) is 0 Å². The molecular weight excluding hydrogens is 495 g/mol. The number of anilines is 1. The quantitative estimate of drug-likeness (QED) is 0.525. The van der Waals surface area contributed by atoms with Crippen LogP contribution in [0, 0.1) is 5.92 Å². The molecule has 2 saturated heterocycles. The van der Waals surface area contributed by atoms with E-state index < -0.39 is 6.04 Å². The number of hydrogen-bond donors (Lipinski definition) is 1. The van der Waals surface area contributed by atoms with Crippen molar-refractivity contribution in [2.24, 2.45) is 11.7 Å². The number of benzene rings is 2. The molecular formula is C28H36Cl2N4O2. The zero-order chi connectivity index (χ0) is 25.8. The molecule has 0 radical (unpaired) electrons. The second kappa shape index (κ2) is 11.8. The summed E-state index contributed by atoms with van der Waals surface area (Å²) in [5.41, 5.74) is 9.68. The molecule has 2 N–H and O–H groups in total. The Morgan fingerprint density at radius 1 is 1.03 bits per heavy atom. The Labute approximate surface area is 224 Å². The molecule has 2 aliphatic rings. The van der Waals surface area contributed by atoms with Gasteiger partial charge in [0.05, 0.1) is 0 Å². The Balaban J connectivity index is 1.48. The van der Waals surface area contributed by atoms with Gasteiger partial charge in [0.15, 0.2) is 0 Å². The number of rotatable bonds is 8. The molecule has 2 heterocycles. The van der Waals surface area contributed by atoms with Gasteiger partial charge in [-0.2, -0.15) is 0 Å². The van der Waals surface area contributed by atoms with E-state index in [1.807, 2.05) is 23.1 Å². The van der Waals surface area contributed by atoms with Crippen molar-refractivity contribution in [2.45, 2.75) is 51.6 Å². The van der Waals surface area contributed by atoms with Gasteiger partial charge in [-0.05, 0) is 48.1 Å². The maximum Gasteiger partial charge on any atom is 0.245 e. The van der Waals surface area contributed by atoms with Gasteiger partial charge in [-0.3, -0.25) is 9.59 Å². The third-order valence-corrected chi connectivity index (χ3v) is 7.78. The van der Waals surface area contributed by atoms with E-state index in [0.717, 1.165) is 42.7 Å². The van der Waals surface area contributed by atoms with Crippen LogP contribution in [0.25, 0.3) is 0 Å². The van der Waals surface area contributed by atoms with Crippen molar-refractivity contribution in [3.8, 4) is 0 Å². The van der Waals surface area contributed by atoms with E-state index in [0.29, 0.717) is 48.4 Å². The molecule has 2 aromatic carbocycles. The fourth-order valence-electron chi connectivity index (χ4n) is 5.33. The zero-order valence-electron chi connectivity index (χ0n) is 21.1. The van der Waals surface area contributed by atoms with Crippen LogP contribution in [0.15, 0.2) is 42.5 Å². The van der Waals surface area contributed by atoms with Crippen molar-refractivity contribution in [1.29, 1.82) is 0 Å². The zero-order valence-corrected chi connectivity index (χ0v) is 22.6. The normalized spacial score (nSPS) is 18.2. The van der Waals surface area contributed by atoms with Gasteiger partial charge in [0, 0.05) is 67.3 Å². The molecule has 6 nitrogen and oxygen atoms in total. The van der Waals surface area contributed by atoms with E-state index in [4.69, 9.17) is 28.9 Å². The average Bonchev–Trinajstić information content (AvgIpc) is 3.28. The fourth-order valence-corrected chi connectivity index (χ4v) is 5.81. The van der Waals surface area contributed by atoms with Gasteiger partial charge in [-0.1, -0.05) is 61.3 Å². The molecule has 2 atom stereocenters. The summed E-state index contributed by atoms with van der Waals surface area (Å²) in [5.74, 6) is 0.535. The first-order chi connectivity index (χ1) is 17.2. The van der Waals surface area contributed by atoms with Crippen molar-refractivity contribution in [2.75, 3.05) is 37.6 Å². The van der Waals surface area contributed by atoms with Gasteiger partial charge >= 0.3 is 0 Å². The minimum absolute atomic E-state index is 0.0132. The summed E-state index contributed by atoms with van der Waals surface area (Å²) in [6, 6.07) is 13.1. The molecule has 4 rings (SSSR count). The summed E-state index contributed by atoms with van der Waals surface area (Å²) in [5, 5.41) is 1.07. The van der Waals surface area contributed by atoms with E-state index >= 15 is 0 Å². The minimum atomic E-state index is -0.558. The van der Waals surface area contributed by atoms with Crippen LogP contribution < -0.4 is 10.6 Å². The molecule has 2 aliphatic heterocycles. The second-order valence-corrected chi connectivity index (χ2v) is 11.1. The molecule has 2 fully saturated rings. The first kappa shape index (κ1) is 26.8. The van der Waals surface area contributed by atoms with E-state index in [1.165, 1.54) is 0 Å². The monoisotopic (exact) mass is 530 g/mol. The second-order valence-electron chi connectivity index (χ2n) is 10.3. The van der Waals surface area contributed by atoms with E-state index in [1.54, 1.807) is 17.0 Å². The number of nitrogens with zero attached hydrogens (tertiary/aromatic N) is 3. The van der Waals surface area contributed by atoms with Crippen LogP contribution in [0.5, 0.6) is 0 Å². The lowest BCUT2D eigenvalue weighted by atomic mass is 9.96. The Kier molecular flexibility index (Phi) is 8.81. The lowest BCUT2D eigenvalue weighted by Crippen LogP contribution is -2.56. The highest BCUT2D eigenvalue weighted by molar-refractivity contribution is 6.35. The molecule has 0 spiro atoms. The molecule has 2 amide bonds. The fraction of sp³-hybridized carbons (Fsp3) is 0.500. The molecule has 36 heavy (non-hydrogen) atoms. The summed E-state index contributed by atoms with van der Waals surface area (Å²) >= 11 is 12.5. The number of piperazine rings is 1. The van der Waals surface area contributed by atoms with Gasteiger partial charge < -0.3 is 20.4 Å². The standard InChI is InChI=1S/C28H36Cl2N4O2/c1-19(2)16-24(31)22-6-3-4-7-25(22)32-12-14-33(15-13-32)28(36)26(34-11-5-8-27(34)35)17-20-9-10-21(29)18-23(20)30/h3-4,6-7,9-10,18-19,24,26H,5,8,11-17,31H2,1-2H3/t24-,26?/m0/s1. The summed E-state index contributed by atoms with van der Waals surface area (Å²) in [6.07, 6.45) is 2.57. The van der Waals surface area contributed by atoms with Crippen molar-refractivity contribution in [3.63, 3.8) is 0 Å². The van der Waals surface area contributed by atoms with Crippen LogP contribution in [0.1, 0.15) is 50.3 Å². The lowest BCUT2D eigenvalue weighted by Gasteiger charge is -2.40. The van der Waals surface area contributed by atoms with Crippen LogP contribution >= 0.6 is 23.2 Å². The van der Waals surface area contributed by atoms with Crippen molar-refractivity contribution < 1.29 is 9.59 Å². The summed E-state index contributed by atoms with van der Waals surface area (Å²) in [7, 11) is 0. The van der Waals surface area contributed by atoms with Crippen LogP contribution in [0.4, 0.5) is 5.69 Å². The largest absolute Gasteiger partial charge is 0.368 e. The number of carbonyl (C=O) groups is 2. The number of carbonyl (C=O) groups excluding carboxylic acids is 2. The van der Waals surface area contributed by atoms with Crippen LogP contribution in [-0.2, 0) is 16.0 Å². The van der Waals surface area contributed by atoms with Gasteiger partial charge in [-0.25, -0.2) is 0 Å². The van der Waals surface area contributed by atoms with E-state index in [-0.39, 0.29) is 17.9 Å². The Morgan fingerprint density at radius 2 is 1.75 bits per heavy atom. The van der Waals surface area contributed by atoms with Crippen molar-refractivity contribution in [1.82, 2.24) is 9.80 Å². The Hall–Kier alpha value is -2.28. The average molecular weight is 532 g/mol.